The molecular formula is C32H45N5O3. The predicted molar refractivity (Wildman–Crippen MR) is 159 cm³/mol. The van der Waals surface area contributed by atoms with E-state index in [1.165, 1.54) is 48.6 Å². The molecule has 1 aliphatic carbocycles. The van der Waals surface area contributed by atoms with E-state index in [0.717, 1.165) is 44.6 Å². The van der Waals surface area contributed by atoms with Gasteiger partial charge < -0.3 is 36.0 Å². The van der Waals surface area contributed by atoms with Gasteiger partial charge in [-0.15, -0.1) is 0 Å². The zero-order valence-corrected chi connectivity index (χ0v) is 23.7. The summed E-state index contributed by atoms with van der Waals surface area (Å²) in [5, 5.41) is 25.1. The Labute approximate surface area is 238 Å². The van der Waals surface area contributed by atoms with Crippen molar-refractivity contribution < 1.29 is 14.6 Å². The van der Waals surface area contributed by atoms with Crippen LogP contribution in [0.3, 0.4) is 0 Å². The molecule has 2 heterocycles. The van der Waals surface area contributed by atoms with Crippen LogP contribution in [0, 0.1) is 0 Å². The van der Waals surface area contributed by atoms with E-state index in [2.05, 4.69) is 51.3 Å². The Kier molecular flexibility index (Phi) is 9.75. The lowest BCUT2D eigenvalue weighted by atomic mass is 9.81. The molecule has 1 spiro atoms. The number of carbonyl (C=O) groups excluding carboxylic acids is 1. The first-order valence-corrected chi connectivity index (χ1v) is 14.9. The van der Waals surface area contributed by atoms with Crippen LogP contribution in [0.2, 0.25) is 0 Å². The molecule has 5 N–H and O–H groups in total. The van der Waals surface area contributed by atoms with Crippen LogP contribution in [-0.2, 0) is 22.6 Å². The topological polar surface area (TPSA) is 97.9 Å². The fraction of sp³-hybridized carbons (Fsp3) is 0.531. The predicted octanol–water partition coefficient (Wildman–Crippen LogP) is 3.45. The number of ether oxygens (including phenoxy) is 1. The minimum atomic E-state index is -0.924. The Bertz CT molecular complexity index is 1130. The fourth-order valence-electron chi connectivity index (χ4n) is 6.21. The molecule has 3 aliphatic rings. The van der Waals surface area contributed by atoms with Gasteiger partial charge in [0.15, 0.2) is 6.23 Å². The molecule has 1 saturated carbocycles. The standard InChI is InChI=1S/C32H45N5O3/c1-2-24-10-11-27-26(20-24)28(21-32(36-27)13-6-7-14-32)34-22-29(38)31(40-23-25-8-4-3-5-9-25)35-30(39)12-17-37-18-15-33-16-19-37/h3-5,8-12,17,20,28-29,31,33-34,36,38H,2,6-7,13-16,18-19,21-23H2,1H3,(H,35,39)/b17-12+/t28-,29-,31+/m1/s1. The number of hydrogen-bond acceptors (Lipinski definition) is 7. The lowest BCUT2D eigenvalue weighted by Crippen LogP contribution is -2.50. The van der Waals surface area contributed by atoms with Crippen molar-refractivity contribution in [1.82, 2.24) is 20.9 Å². The Morgan fingerprint density at radius 1 is 1.15 bits per heavy atom. The first-order chi connectivity index (χ1) is 19.5. The van der Waals surface area contributed by atoms with Crippen molar-refractivity contribution in [2.24, 2.45) is 0 Å². The summed E-state index contributed by atoms with van der Waals surface area (Å²) in [4.78, 5) is 15.0. The van der Waals surface area contributed by atoms with Gasteiger partial charge in [0, 0.05) is 62.3 Å². The normalized spacial score (nSPS) is 21.6. The second kappa shape index (κ2) is 13.6. The highest BCUT2D eigenvalue weighted by Gasteiger charge is 2.41. The number of benzene rings is 2. The van der Waals surface area contributed by atoms with E-state index in [-0.39, 0.29) is 17.5 Å². The minimum absolute atomic E-state index is 0.107. The summed E-state index contributed by atoms with van der Waals surface area (Å²) in [6.45, 7) is 6.31. The molecule has 2 aromatic rings. The maximum absolute atomic E-state index is 12.9. The smallest absolute Gasteiger partial charge is 0.247 e. The molecule has 5 rings (SSSR count). The number of aliphatic hydroxyl groups excluding tert-OH is 1. The van der Waals surface area contributed by atoms with E-state index >= 15 is 0 Å². The van der Waals surface area contributed by atoms with Gasteiger partial charge in [-0.2, -0.15) is 0 Å². The van der Waals surface area contributed by atoms with Crippen LogP contribution >= 0.6 is 0 Å². The minimum Gasteiger partial charge on any atom is -0.387 e. The van der Waals surface area contributed by atoms with Crippen LogP contribution in [0.25, 0.3) is 0 Å². The van der Waals surface area contributed by atoms with Crippen LogP contribution in [0.1, 0.15) is 61.8 Å². The number of hydrogen-bond donors (Lipinski definition) is 5. The Morgan fingerprint density at radius 2 is 1.93 bits per heavy atom. The highest BCUT2D eigenvalue weighted by atomic mass is 16.5. The van der Waals surface area contributed by atoms with Crippen molar-refractivity contribution in [3.63, 3.8) is 0 Å². The molecule has 1 amide bonds. The fourth-order valence-corrected chi connectivity index (χ4v) is 6.21. The molecule has 216 valence electrons. The van der Waals surface area contributed by atoms with Crippen LogP contribution < -0.4 is 21.3 Å². The number of piperazine rings is 1. The van der Waals surface area contributed by atoms with Crippen molar-refractivity contribution in [1.29, 1.82) is 0 Å². The lowest BCUT2D eigenvalue weighted by molar-refractivity contribution is -0.126. The first kappa shape index (κ1) is 28.6. The highest BCUT2D eigenvalue weighted by Crippen LogP contribution is 2.45. The van der Waals surface area contributed by atoms with Gasteiger partial charge in [-0.25, -0.2) is 0 Å². The largest absolute Gasteiger partial charge is 0.387 e. The number of fused-ring (bicyclic) bond motifs is 1. The summed E-state index contributed by atoms with van der Waals surface area (Å²) in [5.74, 6) is -0.277. The monoisotopic (exact) mass is 547 g/mol. The summed E-state index contributed by atoms with van der Waals surface area (Å²) >= 11 is 0. The Morgan fingerprint density at radius 3 is 2.67 bits per heavy atom. The van der Waals surface area contributed by atoms with E-state index in [1.807, 2.05) is 36.5 Å². The molecule has 0 aromatic heterocycles. The van der Waals surface area contributed by atoms with Crippen LogP contribution in [0.5, 0.6) is 0 Å². The van der Waals surface area contributed by atoms with Gasteiger partial charge in [0.2, 0.25) is 5.91 Å². The van der Waals surface area contributed by atoms with Gasteiger partial charge in [0.05, 0.1) is 6.61 Å². The molecule has 2 fully saturated rings. The number of aliphatic hydroxyl groups is 1. The van der Waals surface area contributed by atoms with Gasteiger partial charge in [0.25, 0.3) is 0 Å². The van der Waals surface area contributed by atoms with Gasteiger partial charge in [-0.1, -0.05) is 62.2 Å². The van der Waals surface area contributed by atoms with Gasteiger partial charge >= 0.3 is 0 Å². The summed E-state index contributed by atoms with van der Waals surface area (Å²) in [7, 11) is 0. The molecule has 8 heteroatoms. The van der Waals surface area contributed by atoms with Gasteiger partial charge in [-0.3, -0.25) is 4.79 Å². The van der Waals surface area contributed by atoms with Gasteiger partial charge in [-0.05, 0) is 48.4 Å². The number of rotatable bonds is 11. The maximum atomic E-state index is 12.9. The number of aryl methyl sites for hydroxylation is 1. The van der Waals surface area contributed by atoms with Crippen molar-refractivity contribution >= 4 is 11.6 Å². The molecule has 0 unspecified atom stereocenters. The van der Waals surface area contributed by atoms with E-state index in [4.69, 9.17) is 4.74 Å². The maximum Gasteiger partial charge on any atom is 0.247 e. The molecule has 0 bridgehead atoms. The molecule has 1 saturated heterocycles. The summed E-state index contributed by atoms with van der Waals surface area (Å²) < 4.78 is 6.10. The second-order valence-corrected chi connectivity index (χ2v) is 11.4. The van der Waals surface area contributed by atoms with Crippen molar-refractivity contribution in [3.05, 3.63) is 77.5 Å². The number of nitrogens with zero attached hydrogens (tertiary/aromatic N) is 1. The quantitative estimate of drug-likeness (QED) is 0.217. The molecule has 40 heavy (non-hydrogen) atoms. The lowest BCUT2D eigenvalue weighted by Gasteiger charge is -2.42. The van der Waals surface area contributed by atoms with Crippen LogP contribution in [0.4, 0.5) is 5.69 Å². The molecule has 8 nitrogen and oxygen atoms in total. The number of carbonyl (C=O) groups is 1. The highest BCUT2D eigenvalue weighted by molar-refractivity contribution is 5.87. The van der Waals surface area contributed by atoms with E-state index in [0.29, 0.717) is 13.2 Å². The molecule has 2 aromatic carbocycles. The zero-order chi connectivity index (χ0) is 27.8. The molecule has 2 aliphatic heterocycles. The number of nitrogens with one attached hydrogen (secondary N) is 4. The van der Waals surface area contributed by atoms with Crippen LogP contribution in [-0.4, -0.2) is 66.5 Å². The summed E-state index contributed by atoms with van der Waals surface area (Å²) in [6.07, 6.45) is 8.37. The summed E-state index contributed by atoms with van der Waals surface area (Å²) in [5.41, 5.74) is 4.85. The van der Waals surface area contributed by atoms with E-state index < -0.39 is 12.3 Å². The number of anilines is 1. The average Bonchev–Trinajstić information content (AvgIpc) is 3.44. The Hall–Kier alpha value is -2.91. The molecule has 0 radical (unpaired) electrons. The van der Waals surface area contributed by atoms with Crippen LogP contribution in [0.15, 0.2) is 60.8 Å². The third kappa shape index (κ3) is 7.43. The average molecular weight is 548 g/mol. The van der Waals surface area contributed by atoms with Gasteiger partial charge in [0.1, 0.15) is 6.10 Å². The summed E-state index contributed by atoms with van der Waals surface area (Å²) in [6, 6.07) is 16.7. The van der Waals surface area contributed by atoms with Crippen molar-refractivity contribution in [2.75, 3.05) is 38.0 Å². The van der Waals surface area contributed by atoms with Crippen molar-refractivity contribution in [3.8, 4) is 0 Å². The van der Waals surface area contributed by atoms with E-state index in [1.54, 1.807) is 0 Å². The third-order valence-electron chi connectivity index (χ3n) is 8.52. The zero-order valence-electron chi connectivity index (χ0n) is 23.7. The number of amides is 1. The van der Waals surface area contributed by atoms with Crippen molar-refractivity contribution in [2.45, 2.75) is 76.0 Å². The SMILES string of the molecule is CCc1ccc2c(c1)[C@H](NC[C@@H](O)[C@@H](NC(=O)/C=C/N1CCNCC1)OCc1ccccc1)CC1(CCCC1)N2. The molecule has 3 atom stereocenters. The second-order valence-electron chi connectivity index (χ2n) is 11.4. The van der Waals surface area contributed by atoms with E-state index in [9.17, 15) is 9.90 Å². The molecular weight excluding hydrogens is 502 g/mol. The third-order valence-corrected chi connectivity index (χ3v) is 8.52. The first-order valence-electron chi connectivity index (χ1n) is 14.9. The Balaban J connectivity index is 1.26.